The van der Waals surface area contributed by atoms with Crippen LogP contribution in [0.3, 0.4) is 0 Å². The Kier molecular flexibility index (Phi) is 7.63. The lowest BCUT2D eigenvalue weighted by Gasteiger charge is -2.18. The molecule has 1 aliphatic rings. The summed E-state index contributed by atoms with van der Waals surface area (Å²) in [7, 11) is 0. The molecule has 0 radical (unpaired) electrons. The minimum absolute atomic E-state index is 0.193. The highest BCUT2D eigenvalue weighted by atomic mass is 35.5. The number of hydrogen-bond acceptors (Lipinski definition) is 4. The molecule has 6 nitrogen and oxygen atoms in total. The van der Waals surface area contributed by atoms with Gasteiger partial charge in [-0.05, 0) is 49.1 Å². The lowest BCUT2D eigenvalue weighted by molar-refractivity contribution is -0.121. The summed E-state index contributed by atoms with van der Waals surface area (Å²) >= 11 is 12.1. The van der Waals surface area contributed by atoms with Crippen LogP contribution in [0.2, 0.25) is 10.0 Å². The predicted octanol–water partition coefficient (Wildman–Crippen LogP) is 7.14. The van der Waals surface area contributed by atoms with Crippen LogP contribution in [0.15, 0.2) is 88.4 Å². The van der Waals surface area contributed by atoms with E-state index in [-0.39, 0.29) is 11.7 Å². The molecule has 192 valence electrons. The Morgan fingerprint density at radius 2 is 1.50 bits per heavy atom. The fraction of sp³-hybridized carbons (Fsp3) is 0.167. The van der Waals surface area contributed by atoms with E-state index in [1.807, 2.05) is 67.6 Å². The number of hydrogen-bond donors (Lipinski definition) is 2. The third-order valence-corrected chi connectivity index (χ3v) is 6.92. The maximum Gasteiger partial charge on any atom is 0.291 e. The second-order valence-electron chi connectivity index (χ2n) is 9.11. The molecule has 4 aromatic rings. The van der Waals surface area contributed by atoms with Crippen molar-refractivity contribution in [2.24, 2.45) is 5.10 Å². The quantitative estimate of drug-likeness (QED) is 0.252. The first-order valence-corrected chi connectivity index (χ1v) is 13.0. The molecule has 38 heavy (non-hydrogen) atoms. The third-order valence-electron chi connectivity index (χ3n) is 6.48. The highest BCUT2D eigenvalue weighted by Crippen LogP contribution is 2.31. The minimum atomic E-state index is -0.513. The number of hydrazone groups is 1. The zero-order valence-corrected chi connectivity index (χ0v) is 22.1. The molecule has 0 spiro atoms. The summed E-state index contributed by atoms with van der Waals surface area (Å²) < 4.78 is 5.98. The van der Waals surface area contributed by atoms with Gasteiger partial charge in [0.25, 0.3) is 11.8 Å². The number of aryl methyl sites for hydroxylation is 1. The van der Waals surface area contributed by atoms with E-state index in [9.17, 15) is 9.59 Å². The molecule has 0 aliphatic heterocycles. The van der Waals surface area contributed by atoms with Gasteiger partial charge in [0, 0.05) is 33.3 Å². The Morgan fingerprint density at radius 3 is 2.11 bits per heavy atom. The van der Waals surface area contributed by atoms with Gasteiger partial charge in [-0.15, -0.1) is 0 Å². The molecular formula is C30H25Cl2N3O3. The van der Waals surface area contributed by atoms with Gasteiger partial charge in [0.05, 0.1) is 11.6 Å². The molecule has 0 unspecified atom stereocenters. The van der Waals surface area contributed by atoms with Crippen LogP contribution in [0.4, 0.5) is 5.69 Å². The maximum absolute atomic E-state index is 13.4. The van der Waals surface area contributed by atoms with Gasteiger partial charge in [-0.25, -0.2) is 5.43 Å². The van der Waals surface area contributed by atoms with E-state index in [0.717, 1.165) is 23.1 Å². The zero-order chi connectivity index (χ0) is 26.6. The normalized spacial score (nSPS) is 13.8. The summed E-state index contributed by atoms with van der Waals surface area (Å²) in [6.45, 7) is 1.82. The van der Waals surface area contributed by atoms with Crippen LogP contribution in [-0.2, 0) is 11.2 Å². The van der Waals surface area contributed by atoms with E-state index >= 15 is 0 Å². The number of carbonyl (C=O) groups is 2. The van der Waals surface area contributed by atoms with Crippen molar-refractivity contribution in [2.45, 2.75) is 32.1 Å². The van der Waals surface area contributed by atoms with Crippen molar-refractivity contribution in [3.8, 4) is 0 Å². The number of fused-ring (bicyclic) bond motifs is 1. The van der Waals surface area contributed by atoms with Crippen LogP contribution in [-0.4, -0.2) is 17.5 Å². The van der Waals surface area contributed by atoms with E-state index < -0.39 is 11.8 Å². The molecule has 5 rings (SSSR count). The van der Waals surface area contributed by atoms with Gasteiger partial charge in [-0.2, -0.15) is 5.10 Å². The molecule has 0 bridgehead atoms. The molecule has 1 aromatic heterocycles. The number of carbonyl (C=O) groups excluding carboxylic acids is 2. The van der Waals surface area contributed by atoms with E-state index in [1.54, 1.807) is 18.2 Å². The van der Waals surface area contributed by atoms with Gasteiger partial charge < -0.3 is 9.73 Å². The van der Waals surface area contributed by atoms with Gasteiger partial charge in [-0.3, -0.25) is 9.59 Å². The Morgan fingerprint density at radius 1 is 0.895 bits per heavy atom. The molecule has 3 aromatic carbocycles. The van der Waals surface area contributed by atoms with Crippen molar-refractivity contribution < 1.29 is 14.0 Å². The first kappa shape index (κ1) is 25.8. The SMILES string of the molecule is Cc1c(C(=O)Nc2cc(Cl)cc(Cl)c2)oc2c1/C(=N/NC(=O)C(c1ccccc1)c1ccccc1)CCC2. The van der Waals surface area contributed by atoms with Crippen molar-refractivity contribution >= 4 is 46.4 Å². The highest BCUT2D eigenvalue weighted by Gasteiger charge is 2.29. The fourth-order valence-electron chi connectivity index (χ4n) is 4.78. The monoisotopic (exact) mass is 545 g/mol. The number of halogens is 2. The highest BCUT2D eigenvalue weighted by molar-refractivity contribution is 6.35. The third kappa shape index (κ3) is 5.52. The Bertz CT molecular complexity index is 1460. The lowest BCUT2D eigenvalue weighted by Crippen LogP contribution is -2.28. The zero-order valence-electron chi connectivity index (χ0n) is 20.6. The second-order valence-corrected chi connectivity index (χ2v) is 9.98. The summed E-state index contributed by atoms with van der Waals surface area (Å²) in [4.78, 5) is 26.5. The fourth-order valence-corrected chi connectivity index (χ4v) is 5.31. The molecule has 2 amide bonds. The number of nitrogens with one attached hydrogen (secondary N) is 2. The van der Waals surface area contributed by atoms with Crippen LogP contribution in [0.1, 0.15) is 57.3 Å². The van der Waals surface area contributed by atoms with E-state index in [1.165, 1.54) is 0 Å². The summed E-state index contributed by atoms with van der Waals surface area (Å²) in [6.07, 6.45) is 2.12. The molecule has 8 heteroatoms. The Labute approximate surface area is 230 Å². The van der Waals surface area contributed by atoms with Gasteiger partial charge in [0.15, 0.2) is 5.76 Å². The number of rotatable bonds is 6. The van der Waals surface area contributed by atoms with Crippen LogP contribution in [0, 0.1) is 6.92 Å². The largest absolute Gasteiger partial charge is 0.455 e. The van der Waals surface area contributed by atoms with Crippen LogP contribution in [0.5, 0.6) is 0 Å². The van der Waals surface area contributed by atoms with Crippen molar-refractivity contribution in [1.82, 2.24) is 5.43 Å². The number of anilines is 1. The van der Waals surface area contributed by atoms with Crippen LogP contribution in [0.25, 0.3) is 0 Å². The molecule has 1 heterocycles. The number of amides is 2. The van der Waals surface area contributed by atoms with Crippen molar-refractivity contribution in [3.05, 3.63) is 123 Å². The molecule has 0 fully saturated rings. The van der Waals surface area contributed by atoms with Crippen molar-refractivity contribution in [1.29, 1.82) is 0 Å². The predicted molar refractivity (Wildman–Crippen MR) is 150 cm³/mol. The second kappa shape index (κ2) is 11.3. The smallest absolute Gasteiger partial charge is 0.291 e. The molecule has 0 atom stereocenters. The molecular weight excluding hydrogens is 521 g/mol. The lowest BCUT2D eigenvalue weighted by atomic mass is 9.90. The van der Waals surface area contributed by atoms with Crippen LogP contribution < -0.4 is 10.7 Å². The first-order valence-electron chi connectivity index (χ1n) is 12.3. The number of nitrogens with zero attached hydrogens (tertiary/aromatic N) is 1. The average Bonchev–Trinajstić information content (AvgIpc) is 3.25. The molecule has 0 saturated heterocycles. The number of furan rings is 1. The van der Waals surface area contributed by atoms with Crippen molar-refractivity contribution in [2.75, 3.05) is 5.32 Å². The summed E-state index contributed by atoms with van der Waals surface area (Å²) in [6, 6.07) is 24.0. The topological polar surface area (TPSA) is 83.7 Å². The minimum Gasteiger partial charge on any atom is -0.455 e. The van der Waals surface area contributed by atoms with Gasteiger partial charge in [-0.1, -0.05) is 83.9 Å². The average molecular weight is 546 g/mol. The van der Waals surface area contributed by atoms with Crippen LogP contribution >= 0.6 is 23.2 Å². The van der Waals surface area contributed by atoms with Gasteiger partial charge >= 0.3 is 0 Å². The number of benzene rings is 3. The summed E-state index contributed by atoms with van der Waals surface area (Å²) in [5, 5.41) is 8.15. The van der Waals surface area contributed by atoms with Crippen molar-refractivity contribution in [3.63, 3.8) is 0 Å². The maximum atomic E-state index is 13.4. The van der Waals surface area contributed by atoms with E-state index in [4.69, 9.17) is 27.6 Å². The molecule has 0 saturated carbocycles. The molecule has 1 aliphatic carbocycles. The van der Waals surface area contributed by atoms with Gasteiger partial charge in [0.2, 0.25) is 0 Å². The Hall–Kier alpha value is -3.87. The van der Waals surface area contributed by atoms with E-state index in [0.29, 0.717) is 45.6 Å². The molecule has 2 N–H and O–H groups in total. The van der Waals surface area contributed by atoms with E-state index in [2.05, 4.69) is 15.8 Å². The first-order chi connectivity index (χ1) is 18.4. The van der Waals surface area contributed by atoms with Gasteiger partial charge in [0.1, 0.15) is 5.76 Å². The summed E-state index contributed by atoms with van der Waals surface area (Å²) in [5.74, 6) is -0.288. The Balaban J connectivity index is 1.40. The summed E-state index contributed by atoms with van der Waals surface area (Å²) in [5.41, 5.74) is 7.12. The standard InChI is InChI=1S/C30H25Cl2N3O3/c1-18-26-24(34-35-29(36)27(19-9-4-2-5-10-19)20-11-6-3-7-12-20)13-8-14-25(26)38-28(18)30(37)33-23-16-21(31)15-22(32)17-23/h2-7,9-12,15-17,27H,8,13-14H2,1H3,(H,33,37)(H,35,36)/b34-24+.